The van der Waals surface area contributed by atoms with E-state index in [0.29, 0.717) is 10.0 Å². The lowest BCUT2D eigenvalue weighted by molar-refractivity contribution is 0.413. The van der Waals surface area contributed by atoms with Crippen molar-refractivity contribution in [3.05, 3.63) is 62.0 Å². The second-order valence-corrected chi connectivity index (χ2v) is 5.89. The van der Waals surface area contributed by atoms with Crippen LogP contribution in [-0.4, -0.2) is 14.2 Å². The van der Waals surface area contributed by atoms with Crippen molar-refractivity contribution in [2.75, 3.05) is 14.2 Å². The van der Waals surface area contributed by atoms with Crippen molar-refractivity contribution in [3.8, 4) is 5.75 Å². The SMILES string of the molecule is CNC(c1cc(OC)ccc1Br)c1cccc(Cl)c1Cl. The molecule has 2 aromatic carbocycles. The van der Waals surface area contributed by atoms with Crippen molar-refractivity contribution in [2.24, 2.45) is 0 Å². The molecule has 0 heterocycles. The van der Waals surface area contributed by atoms with E-state index in [4.69, 9.17) is 27.9 Å². The van der Waals surface area contributed by atoms with Crippen LogP contribution < -0.4 is 10.1 Å². The molecule has 106 valence electrons. The summed E-state index contributed by atoms with van der Waals surface area (Å²) >= 11 is 16.0. The van der Waals surface area contributed by atoms with Crippen molar-refractivity contribution in [2.45, 2.75) is 6.04 Å². The molecule has 1 unspecified atom stereocenters. The number of halogens is 3. The van der Waals surface area contributed by atoms with E-state index in [-0.39, 0.29) is 6.04 Å². The summed E-state index contributed by atoms with van der Waals surface area (Å²) in [5.74, 6) is 0.793. The van der Waals surface area contributed by atoms with Crippen LogP contribution in [0.4, 0.5) is 0 Å². The molecule has 0 aliphatic carbocycles. The van der Waals surface area contributed by atoms with Gasteiger partial charge in [-0.15, -0.1) is 0 Å². The Bertz CT molecular complexity index is 619. The number of benzene rings is 2. The van der Waals surface area contributed by atoms with Gasteiger partial charge >= 0.3 is 0 Å². The average Bonchev–Trinajstić information content (AvgIpc) is 2.46. The first-order valence-electron chi connectivity index (χ1n) is 6.03. The maximum absolute atomic E-state index is 6.32. The lowest BCUT2D eigenvalue weighted by Crippen LogP contribution is -2.18. The topological polar surface area (TPSA) is 21.3 Å². The molecule has 20 heavy (non-hydrogen) atoms. The van der Waals surface area contributed by atoms with Gasteiger partial charge in [-0.2, -0.15) is 0 Å². The zero-order valence-corrected chi connectivity index (χ0v) is 14.2. The van der Waals surface area contributed by atoms with E-state index in [9.17, 15) is 0 Å². The molecule has 0 aliphatic heterocycles. The molecule has 5 heteroatoms. The highest BCUT2D eigenvalue weighted by molar-refractivity contribution is 9.10. The van der Waals surface area contributed by atoms with Gasteiger partial charge in [0.25, 0.3) is 0 Å². The quantitative estimate of drug-likeness (QED) is 0.806. The molecule has 0 amide bonds. The van der Waals surface area contributed by atoms with Crippen molar-refractivity contribution >= 4 is 39.1 Å². The molecule has 0 spiro atoms. The fourth-order valence-corrected chi connectivity index (χ4v) is 2.98. The second-order valence-electron chi connectivity index (χ2n) is 4.25. The smallest absolute Gasteiger partial charge is 0.119 e. The Balaban J connectivity index is 2.55. The van der Waals surface area contributed by atoms with Crippen LogP contribution in [0.5, 0.6) is 5.75 Å². The van der Waals surface area contributed by atoms with Crippen LogP contribution in [0.1, 0.15) is 17.2 Å². The van der Waals surface area contributed by atoms with Crippen LogP contribution in [0.25, 0.3) is 0 Å². The van der Waals surface area contributed by atoms with Crippen LogP contribution >= 0.6 is 39.1 Å². The third-order valence-electron chi connectivity index (χ3n) is 3.10. The first kappa shape index (κ1) is 15.6. The first-order chi connectivity index (χ1) is 9.58. The zero-order chi connectivity index (χ0) is 14.7. The molecule has 2 nitrogen and oxygen atoms in total. The molecule has 0 bridgehead atoms. The van der Waals surface area contributed by atoms with E-state index in [1.165, 1.54) is 0 Å². The Labute approximate surface area is 137 Å². The molecule has 0 aromatic heterocycles. The van der Waals surface area contributed by atoms with Crippen molar-refractivity contribution in [3.63, 3.8) is 0 Å². The lowest BCUT2D eigenvalue weighted by Gasteiger charge is -2.21. The molecule has 1 atom stereocenters. The summed E-state index contributed by atoms with van der Waals surface area (Å²) in [5.41, 5.74) is 1.96. The molecule has 0 fully saturated rings. The van der Waals surface area contributed by atoms with Crippen molar-refractivity contribution in [1.29, 1.82) is 0 Å². The van der Waals surface area contributed by atoms with Crippen LogP contribution in [0, 0.1) is 0 Å². The van der Waals surface area contributed by atoms with E-state index >= 15 is 0 Å². The van der Waals surface area contributed by atoms with Gasteiger partial charge in [0.1, 0.15) is 5.75 Å². The van der Waals surface area contributed by atoms with E-state index in [2.05, 4.69) is 21.2 Å². The second kappa shape index (κ2) is 6.81. The Hall–Kier alpha value is -0.740. The molecule has 1 N–H and O–H groups in total. The van der Waals surface area contributed by atoms with Crippen molar-refractivity contribution in [1.82, 2.24) is 5.32 Å². The van der Waals surface area contributed by atoms with E-state index in [0.717, 1.165) is 21.3 Å². The molecule has 2 rings (SSSR count). The highest BCUT2D eigenvalue weighted by Gasteiger charge is 2.19. The van der Waals surface area contributed by atoms with E-state index in [1.54, 1.807) is 13.2 Å². The minimum atomic E-state index is -0.0781. The largest absolute Gasteiger partial charge is 0.497 e. The standard InChI is InChI=1S/C15H14BrCl2NO/c1-19-15(10-4-3-5-13(17)14(10)18)11-8-9(20-2)6-7-12(11)16/h3-8,15,19H,1-2H3. The summed E-state index contributed by atoms with van der Waals surface area (Å²) < 4.78 is 6.27. The summed E-state index contributed by atoms with van der Waals surface area (Å²) in [4.78, 5) is 0. The van der Waals surface area contributed by atoms with Gasteiger partial charge in [-0.1, -0.05) is 51.3 Å². The van der Waals surface area contributed by atoms with E-state index < -0.39 is 0 Å². The molecule has 0 saturated carbocycles. The molecule has 0 saturated heterocycles. The Morgan fingerprint density at radius 3 is 2.55 bits per heavy atom. The molecule has 2 aromatic rings. The minimum absolute atomic E-state index is 0.0781. The summed E-state index contributed by atoms with van der Waals surface area (Å²) in [5, 5.41) is 4.37. The predicted octanol–water partition coefficient (Wildman–Crippen LogP) is 5.07. The Kier molecular flexibility index (Phi) is 5.33. The number of methoxy groups -OCH3 is 1. The van der Waals surface area contributed by atoms with Crippen LogP contribution in [-0.2, 0) is 0 Å². The Morgan fingerprint density at radius 1 is 1.15 bits per heavy atom. The summed E-state index contributed by atoms with van der Waals surface area (Å²) in [6, 6.07) is 11.4. The number of hydrogen-bond acceptors (Lipinski definition) is 2. The summed E-state index contributed by atoms with van der Waals surface area (Å²) in [6.07, 6.45) is 0. The van der Waals surface area contributed by atoms with Gasteiger partial charge in [0, 0.05) is 4.47 Å². The molecular weight excluding hydrogens is 361 g/mol. The van der Waals surface area contributed by atoms with E-state index in [1.807, 2.05) is 37.4 Å². The average molecular weight is 375 g/mol. The normalized spacial score (nSPS) is 12.2. The maximum atomic E-state index is 6.32. The van der Waals surface area contributed by atoms with Gasteiger partial charge in [-0.3, -0.25) is 0 Å². The zero-order valence-electron chi connectivity index (χ0n) is 11.1. The first-order valence-corrected chi connectivity index (χ1v) is 7.58. The summed E-state index contributed by atoms with van der Waals surface area (Å²) in [6.45, 7) is 0. The number of ether oxygens (including phenoxy) is 1. The van der Waals surface area contributed by atoms with Crippen LogP contribution in [0.15, 0.2) is 40.9 Å². The van der Waals surface area contributed by atoms with Crippen LogP contribution in [0.3, 0.4) is 0 Å². The van der Waals surface area contributed by atoms with Gasteiger partial charge in [-0.05, 0) is 42.4 Å². The molecule has 0 radical (unpaired) electrons. The lowest BCUT2D eigenvalue weighted by atomic mass is 9.98. The minimum Gasteiger partial charge on any atom is -0.497 e. The van der Waals surface area contributed by atoms with Gasteiger partial charge < -0.3 is 10.1 Å². The molecule has 0 aliphatic rings. The van der Waals surface area contributed by atoms with Gasteiger partial charge in [0.15, 0.2) is 0 Å². The predicted molar refractivity (Wildman–Crippen MR) is 88.1 cm³/mol. The third kappa shape index (κ3) is 3.12. The monoisotopic (exact) mass is 373 g/mol. The van der Waals surface area contributed by atoms with Crippen LogP contribution in [0.2, 0.25) is 10.0 Å². The van der Waals surface area contributed by atoms with Gasteiger partial charge in [0.05, 0.1) is 23.2 Å². The number of hydrogen-bond donors (Lipinski definition) is 1. The third-order valence-corrected chi connectivity index (χ3v) is 4.65. The summed E-state index contributed by atoms with van der Waals surface area (Å²) in [7, 11) is 3.53. The highest BCUT2D eigenvalue weighted by Crippen LogP contribution is 2.36. The number of rotatable bonds is 4. The fourth-order valence-electron chi connectivity index (χ4n) is 2.09. The molecular formula is C15H14BrCl2NO. The highest BCUT2D eigenvalue weighted by atomic mass is 79.9. The van der Waals surface area contributed by atoms with Gasteiger partial charge in [-0.25, -0.2) is 0 Å². The number of nitrogens with one attached hydrogen (secondary N) is 1. The maximum Gasteiger partial charge on any atom is 0.119 e. The van der Waals surface area contributed by atoms with Gasteiger partial charge in [0.2, 0.25) is 0 Å². The van der Waals surface area contributed by atoms with Crippen molar-refractivity contribution < 1.29 is 4.74 Å². The fraction of sp³-hybridized carbons (Fsp3) is 0.200. The Morgan fingerprint density at radius 2 is 1.90 bits per heavy atom.